The summed E-state index contributed by atoms with van der Waals surface area (Å²) in [6, 6.07) is 19.3. The molecule has 1 N–H and O–H groups in total. The Morgan fingerprint density at radius 1 is 0.865 bits per heavy atom. The SMILES string of the molecule is CC(C)NC(=O)[C@@H](Cc1ccccc1)N(Cc1ccc(Cl)cc1Cl)C(=O)CSCc1ccc(Cl)cc1Cl. The number of thioether (sulfide) groups is 1. The van der Waals surface area contributed by atoms with Crippen LogP contribution in [0.15, 0.2) is 66.7 Å². The summed E-state index contributed by atoms with van der Waals surface area (Å²) < 4.78 is 0. The van der Waals surface area contributed by atoms with E-state index in [0.29, 0.717) is 37.8 Å². The van der Waals surface area contributed by atoms with E-state index in [-0.39, 0.29) is 30.2 Å². The van der Waals surface area contributed by atoms with Crippen LogP contribution in [0.2, 0.25) is 20.1 Å². The maximum atomic E-state index is 13.7. The quantitative estimate of drug-likeness (QED) is 0.246. The molecule has 0 aromatic heterocycles. The van der Waals surface area contributed by atoms with Crippen LogP contribution in [0.3, 0.4) is 0 Å². The van der Waals surface area contributed by atoms with Gasteiger partial charge in [-0.25, -0.2) is 0 Å². The summed E-state index contributed by atoms with van der Waals surface area (Å²) >= 11 is 26.3. The third kappa shape index (κ3) is 9.12. The molecule has 0 unspecified atom stereocenters. The number of hydrogen-bond acceptors (Lipinski definition) is 3. The first-order valence-corrected chi connectivity index (χ1v) is 14.4. The van der Waals surface area contributed by atoms with Gasteiger partial charge in [-0.15, -0.1) is 11.8 Å². The smallest absolute Gasteiger partial charge is 0.243 e. The van der Waals surface area contributed by atoms with E-state index in [1.807, 2.05) is 50.2 Å². The largest absolute Gasteiger partial charge is 0.352 e. The van der Waals surface area contributed by atoms with Crippen LogP contribution in [-0.2, 0) is 28.3 Å². The number of carbonyl (C=O) groups is 2. The second kappa shape index (κ2) is 14.3. The highest BCUT2D eigenvalue weighted by Crippen LogP contribution is 2.27. The molecule has 1 atom stereocenters. The molecule has 0 bridgehead atoms. The number of carbonyl (C=O) groups excluding carboxylic acids is 2. The van der Waals surface area contributed by atoms with Crippen LogP contribution in [0, 0.1) is 0 Å². The first-order chi connectivity index (χ1) is 17.6. The lowest BCUT2D eigenvalue weighted by Crippen LogP contribution is -2.52. The molecule has 0 saturated carbocycles. The van der Waals surface area contributed by atoms with Crippen LogP contribution in [-0.4, -0.2) is 34.6 Å². The maximum Gasteiger partial charge on any atom is 0.243 e. The zero-order valence-corrected chi connectivity index (χ0v) is 24.4. The molecule has 0 aliphatic carbocycles. The summed E-state index contributed by atoms with van der Waals surface area (Å²) in [6.07, 6.45) is 0.365. The molecule has 0 radical (unpaired) electrons. The Balaban J connectivity index is 1.88. The van der Waals surface area contributed by atoms with Crippen molar-refractivity contribution in [3.63, 3.8) is 0 Å². The van der Waals surface area contributed by atoms with Gasteiger partial charge in [0.2, 0.25) is 11.8 Å². The topological polar surface area (TPSA) is 49.4 Å². The van der Waals surface area contributed by atoms with Gasteiger partial charge in [0.1, 0.15) is 6.04 Å². The third-order valence-corrected chi connectivity index (χ3v) is 7.70. The van der Waals surface area contributed by atoms with E-state index in [0.717, 1.165) is 11.1 Å². The Bertz CT molecular complexity index is 1220. The number of nitrogens with zero attached hydrogens (tertiary/aromatic N) is 1. The summed E-state index contributed by atoms with van der Waals surface area (Å²) in [6.45, 7) is 3.96. The fourth-order valence-corrected chi connectivity index (χ4v) is 5.68. The van der Waals surface area contributed by atoms with Gasteiger partial charge in [-0.1, -0.05) is 88.9 Å². The first kappa shape index (κ1) is 29.7. The Labute approximate surface area is 242 Å². The average Bonchev–Trinajstić information content (AvgIpc) is 2.84. The molecular formula is C28H28Cl4N2O2S. The number of amides is 2. The van der Waals surface area contributed by atoms with E-state index in [4.69, 9.17) is 46.4 Å². The molecule has 0 aliphatic heterocycles. The number of benzene rings is 3. The molecule has 196 valence electrons. The lowest BCUT2D eigenvalue weighted by atomic mass is 10.0. The highest BCUT2D eigenvalue weighted by atomic mass is 35.5. The fraction of sp³-hybridized carbons (Fsp3) is 0.286. The minimum atomic E-state index is -0.733. The van der Waals surface area contributed by atoms with Gasteiger partial charge < -0.3 is 10.2 Å². The molecule has 0 spiro atoms. The second-order valence-corrected chi connectivity index (χ2v) is 11.5. The Morgan fingerprint density at radius 2 is 1.46 bits per heavy atom. The van der Waals surface area contributed by atoms with Crippen molar-refractivity contribution in [3.8, 4) is 0 Å². The predicted molar refractivity (Wildman–Crippen MR) is 157 cm³/mol. The molecule has 0 saturated heterocycles. The number of hydrogen-bond donors (Lipinski definition) is 1. The van der Waals surface area contributed by atoms with E-state index in [9.17, 15) is 9.59 Å². The van der Waals surface area contributed by atoms with Gasteiger partial charge in [0.25, 0.3) is 0 Å². The van der Waals surface area contributed by atoms with Crippen LogP contribution in [0.25, 0.3) is 0 Å². The van der Waals surface area contributed by atoms with Crippen LogP contribution >= 0.6 is 58.2 Å². The molecule has 4 nitrogen and oxygen atoms in total. The zero-order chi connectivity index (χ0) is 26.9. The lowest BCUT2D eigenvalue weighted by Gasteiger charge is -2.32. The summed E-state index contributed by atoms with van der Waals surface area (Å²) in [5, 5.41) is 5.03. The van der Waals surface area contributed by atoms with Crippen LogP contribution in [0.4, 0.5) is 0 Å². The minimum absolute atomic E-state index is 0.0803. The number of nitrogens with one attached hydrogen (secondary N) is 1. The van der Waals surface area contributed by atoms with Crippen LogP contribution < -0.4 is 5.32 Å². The predicted octanol–water partition coefficient (Wildman–Crippen LogP) is 7.70. The molecule has 3 aromatic rings. The van der Waals surface area contributed by atoms with Crippen molar-refractivity contribution in [1.82, 2.24) is 10.2 Å². The first-order valence-electron chi connectivity index (χ1n) is 11.7. The molecule has 0 fully saturated rings. The highest BCUT2D eigenvalue weighted by Gasteiger charge is 2.31. The van der Waals surface area contributed by atoms with Gasteiger partial charge in [0, 0.05) is 44.9 Å². The Morgan fingerprint density at radius 3 is 2.03 bits per heavy atom. The molecule has 3 rings (SSSR count). The van der Waals surface area contributed by atoms with Crippen molar-refractivity contribution in [1.29, 1.82) is 0 Å². The van der Waals surface area contributed by atoms with E-state index in [1.165, 1.54) is 11.8 Å². The molecule has 3 aromatic carbocycles. The summed E-state index contributed by atoms with van der Waals surface area (Å²) in [5.41, 5.74) is 2.54. The van der Waals surface area contributed by atoms with Gasteiger partial charge in [0.15, 0.2) is 0 Å². The average molecular weight is 598 g/mol. The second-order valence-electron chi connectivity index (χ2n) is 8.85. The molecular weight excluding hydrogens is 570 g/mol. The van der Waals surface area contributed by atoms with Crippen LogP contribution in [0.5, 0.6) is 0 Å². The molecule has 0 aliphatic rings. The van der Waals surface area contributed by atoms with Gasteiger partial charge in [-0.3, -0.25) is 9.59 Å². The fourth-order valence-electron chi connectivity index (χ4n) is 3.74. The third-order valence-electron chi connectivity index (χ3n) is 5.56. The van der Waals surface area contributed by atoms with Crippen LogP contribution in [0.1, 0.15) is 30.5 Å². The zero-order valence-electron chi connectivity index (χ0n) is 20.5. The Hall–Kier alpha value is -1.89. The van der Waals surface area contributed by atoms with Crippen molar-refractivity contribution in [2.45, 2.75) is 44.6 Å². The standard InChI is InChI=1S/C28H28Cl4N2O2S/c1-18(2)33-28(36)26(12-19-6-4-3-5-7-19)34(15-20-8-10-22(29)13-24(20)31)27(35)17-37-16-21-9-11-23(30)14-25(21)32/h3-11,13-14,18,26H,12,15-17H2,1-2H3,(H,33,36)/t26-/m1/s1. The summed E-state index contributed by atoms with van der Waals surface area (Å²) in [5.74, 6) is 0.285. The number of rotatable bonds is 11. The normalized spacial score (nSPS) is 11.9. The molecule has 0 heterocycles. The van der Waals surface area contributed by atoms with Gasteiger partial charge in [-0.05, 0) is 54.8 Å². The lowest BCUT2D eigenvalue weighted by molar-refractivity contribution is -0.139. The highest BCUT2D eigenvalue weighted by molar-refractivity contribution is 7.99. The molecule has 9 heteroatoms. The summed E-state index contributed by atoms with van der Waals surface area (Å²) in [4.78, 5) is 28.7. The van der Waals surface area contributed by atoms with Crippen molar-refractivity contribution in [3.05, 3.63) is 104 Å². The molecule has 37 heavy (non-hydrogen) atoms. The van der Waals surface area contributed by atoms with Gasteiger partial charge >= 0.3 is 0 Å². The monoisotopic (exact) mass is 596 g/mol. The number of halogens is 4. The van der Waals surface area contributed by atoms with E-state index >= 15 is 0 Å². The van der Waals surface area contributed by atoms with Gasteiger partial charge in [0.05, 0.1) is 5.75 Å². The van der Waals surface area contributed by atoms with Crippen molar-refractivity contribution < 1.29 is 9.59 Å². The Kier molecular flexibility index (Phi) is 11.5. The van der Waals surface area contributed by atoms with E-state index in [1.54, 1.807) is 35.2 Å². The van der Waals surface area contributed by atoms with Gasteiger partial charge in [-0.2, -0.15) is 0 Å². The van der Waals surface area contributed by atoms with Crippen molar-refractivity contribution in [2.24, 2.45) is 0 Å². The van der Waals surface area contributed by atoms with Crippen molar-refractivity contribution in [2.75, 3.05) is 5.75 Å². The van der Waals surface area contributed by atoms with E-state index in [2.05, 4.69) is 5.32 Å². The molecule has 2 amide bonds. The summed E-state index contributed by atoms with van der Waals surface area (Å²) in [7, 11) is 0. The van der Waals surface area contributed by atoms with E-state index < -0.39 is 6.04 Å². The van der Waals surface area contributed by atoms with Crippen molar-refractivity contribution >= 4 is 70.0 Å². The maximum absolute atomic E-state index is 13.7. The minimum Gasteiger partial charge on any atom is -0.352 e.